The Morgan fingerprint density at radius 3 is 2.80 bits per heavy atom. The number of sulfone groups is 1. The van der Waals surface area contributed by atoms with Crippen molar-refractivity contribution in [2.75, 3.05) is 13.3 Å². The van der Waals surface area contributed by atoms with Gasteiger partial charge in [-0.1, -0.05) is 6.07 Å². The van der Waals surface area contributed by atoms with Crippen molar-refractivity contribution in [2.24, 2.45) is 0 Å². The molecular formula is C14H16N2O3S. The smallest absolute Gasteiger partial charge is 0.175 e. The highest BCUT2D eigenvalue weighted by Crippen LogP contribution is 2.26. The van der Waals surface area contributed by atoms with E-state index in [1.807, 2.05) is 13.1 Å². The summed E-state index contributed by atoms with van der Waals surface area (Å²) < 4.78 is 28.8. The lowest BCUT2D eigenvalue weighted by molar-refractivity contribution is 0.470. The highest BCUT2D eigenvalue weighted by molar-refractivity contribution is 7.90. The van der Waals surface area contributed by atoms with Crippen molar-refractivity contribution in [3.8, 4) is 11.5 Å². The Bertz CT molecular complexity index is 699. The first-order chi connectivity index (χ1) is 9.50. The van der Waals surface area contributed by atoms with Gasteiger partial charge in [0.15, 0.2) is 9.84 Å². The number of nitrogens with one attached hydrogen (secondary N) is 1. The van der Waals surface area contributed by atoms with Crippen LogP contribution in [0.2, 0.25) is 0 Å². The lowest BCUT2D eigenvalue weighted by Gasteiger charge is -2.10. The van der Waals surface area contributed by atoms with Crippen LogP contribution in [0.4, 0.5) is 0 Å². The van der Waals surface area contributed by atoms with E-state index in [2.05, 4.69) is 10.3 Å². The molecule has 0 aliphatic carbocycles. The third-order valence-corrected chi connectivity index (χ3v) is 3.81. The molecule has 0 bridgehead atoms. The van der Waals surface area contributed by atoms with E-state index in [4.69, 9.17) is 4.74 Å². The van der Waals surface area contributed by atoms with E-state index < -0.39 is 9.84 Å². The van der Waals surface area contributed by atoms with Crippen LogP contribution in [0.15, 0.2) is 47.6 Å². The maximum Gasteiger partial charge on any atom is 0.175 e. The summed E-state index contributed by atoms with van der Waals surface area (Å²) in [6, 6.07) is 8.27. The average molecular weight is 292 g/mol. The number of hydrogen-bond donors (Lipinski definition) is 1. The molecule has 1 heterocycles. The van der Waals surface area contributed by atoms with Gasteiger partial charge in [0.25, 0.3) is 0 Å². The predicted octanol–water partition coefficient (Wildman–Crippen LogP) is 2.00. The number of rotatable bonds is 5. The van der Waals surface area contributed by atoms with Gasteiger partial charge in [-0.25, -0.2) is 8.42 Å². The third-order valence-electron chi connectivity index (χ3n) is 2.70. The Kier molecular flexibility index (Phi) is 4.36. The molecule has 0 saturated heterocycles. The minimum atomic E-state index is -3.25. The Morgan fingerprint density at radius 1 is 1.30 bits per heavy atom. The maximum absolute atomic E-state index is 11.5. The van der Waals surface area contributed by atoms with E-state index in [0.717, 1.165) is 5.56 Å². The quantitative estimate of drug-likeness (QED) is 0.913. The van der Waals surface area contributed by atoms with Gasteiger partial charge < -0.3 is 10.1 Å². The Balaban J connectivity index is 2.31. The average Bonchev–Trinajstić information content (AvgIpc) is 2.41. The van der Waals surface area contributed by atoms with Gasteiger partial charge in [-0.05, 0) is 31.3 Å². The first-order valence-electron chi connectivity index (χ1n) is 6.06. The van der Waals surface area contributed by atoms with Gasteiger partial charge in [0.05, 0.1) is 11.1 Å². The van der Waals surface area contributed by atoms with Crippen molar-refractivity contribution < 1.29 is 13.2 Å². The normalized spacial score (nSPS) is 11.3. The molecule has 0 spiro atoms. The zero-order chi connectivity index (χ0) is 14.6. The molecule has 106 valence electrons. The van der Waals surface area contributed by atoms with Crippen molar-refractivity contribution >= 4 is 9.84 Å². The van der Waals surface area contributed by atoms with Gasteiger partial charge in [-0.15, -0.1) is 0 Å². The molecule has 6 heteroatoms. The number of pyridine rings is 1. The molecule has 1 aromatic carbocycles. The van der Waals surface area contributed by atoms with Crippen LogP contribution in [-0.2, 0) is 16.4 Å². The fourth-order valence-electron chi connectivity index (χ4n) is 1.73. The SMILES string of the molecule is CNCc1ccncc1Oc1cccc(S(C)(=O)=O)c1. The molecule has 1 aromatic heterocycles. The molecule has 2 rings (SSSR count). The van der Waals surface area contributed by atoms with Crippen LogP contribution >= 0.6 is 0 Å². The van der Waals surface area contributed by atoms with Gasteiger partial charge in [0.2, 0.25) is 0 Å². The molecule has 0 aliphatic rings. The van der Waals surface area contributed by atoms with Crippen LogP contribution in [0.25, 0.3) is 0 Å². The Labute approximate surface area is 118 Å². The van der Waals surface area contributed by atoms with E-state index in [0.29, 0.717) is 18.0 Å². The van der Waals surface area contributed by atoms with Crippen LogP contribution in [0.3, 0.4) is 0 Å². The van der Waals surface area contributed by atoms with Gasteiger partial charge >= 0.3 is 0 Å². The third kappa shape index (κ3) is 3.55. The van der Waals surface area contributed by atoms with Crippen LogP contribution < -0.4 is 10.1 Å². The van der Waals surface area contributed by atoms with E-state index in [9.17, 15) is 8.42 Å². The van der Waals surface area contributed by atoms with Crippen LogP contribution in [0.5, 0.6) is 11.5 Å². The summed E-state index contributed by atoms with van der Waals surface area (Å²) in [7, 11) is -1.40. The summed E-state index contributed by atoms with van der Waals surface area (Å²) in [6.45, 7) is 0.642. The van der Waals surface area contributed by atoms with Crippen molar-refractivity contribution in [2.45, 2.75) is 11.4 Å². The molecule has 0 unspecified atom stereocenters. The summed E-state index contributed by atoms with van der Waals surface area (Å²) in [5, 5.41) is 3.04. The van der Waals surface area contributed by atoms with Gasteiger partial charge in [-0.3, -0.25) is 4.98 Å². The molecule has 0 fully saturated rings. The minimum absolute atomic E-state index is 0.231. The van der Waals surface area contributed by atoms with E-state index in [1.165, 1.54) is 12.3 Å². The number of ether oxygens (including phenoxy) is 1. The van der Waals surface area contributed by atoms with Crippen molar-refractivity contribution in [1.29, 1.82) is 0 Å². The molecule has 2 aromatic rings. The van der Waals surface area contributed by atoms with E-state index in [1.54, 1.807) is 30.6 Å². The van der Waals surface area contributed by atoms with E-state index in [-0.39, 0.29) is 4.90 Å². The highest BCUT2D eigenvalue weighted by atomic mass is 32.2. The van der Waals surface area contributed by atoms with Gasteiger partial charge in [0.1, 0.15) is 11.5 Å². The summed E-state index contributed by atoms with van der Waals surface area (Å²) in [5.41, 5.74) is 0.951. The van der Waals surface area contributed by atoms with Crippen LogP contribution in [-0.4, -0.2) is 26.7 Å². The first-order valence-corrected chi connectivity index (χ1v) is 7.95. The molecule has 0 radical (unpaired) electrons. The van der Waals surface area contributed by atoms with Gasteiger partial charge in [-0.2, -0.15) is 0 Å². The second-order valence-corrected chi connectivity index (χ2v) is 6.38. The minimum Gasteiger partial charge on any atom is -0.455 e. The monoisotopic (exact) mass is 292 g/mol. The molecule has 20 heavy (non-hydrogen) atoms. The number of aromatic nitrogens is 1. The number of benzene rings is 1. The Morgan fingerprint density at radius 2 is 2.10 bits per heavy atom. The number of hydrogen-bond acceptors (Lipinski definition) is 5. The summed E-state index contributed by atoms with van der Waals surface area (Å²) in [4.78, 5) is 4.25. The molecular weight excluding hydrogens is 276 g/mol. The lowest BCUT2D eigenvalue weighted by Crippen LogP contribution is -2.06. The molecule has 1 N–H and O–H groups in total. The van der Waals surface area contributed by atoms with E-state index >= 15 is 0 Å². The molecule has 0 aliphatic heterocycles. The second-order valence-electron chi connectivity index (χ2n) is 4.36. The fourth-order valence-corrected chi connectivity index (χ4v) is 2.39. The predicted molar refractivity (Wildman–Crippen MR) is 76.6 cm³/mol. The van der Waals surface area contributed by atoms with Crippen molar-refractivity contribution in [1.82, 2.24) is 10.3 Å². The number of nitrogens with zero attached hydrogens (tertiary/aromatic N) is 1. The van der Waals surface area contributed by atoms with Crippen molar-refractivity contribution in [3.05, 3.63) is 48.3 Å². The zero-order valence-electron chi connectivity index (χ0n) is 11.3. The highest BCUT2D eigenvalue weighted by Gasteiger charge is 2.09. The summed E-state index contributed by atoms with van der Waals surface area (Å²) in [6.07, 6.45) is 4.47. The van der Waals surface area contributed by atoms with Gasteiger partial charge in [0, 0.05) is 24.6 Å². The summed E-state index contributed by atoms with van der Waals surface area (Å²) in [5.74, 6) is 1.07. The standard InChI is InChI=1S/C14H16N2O3S/c1-15-9-11-6-7-16-10-14(11)19-12-4-3-5-13(8-12)20(2,17)18/h3-8,10,15H,9H2,1-2H3. The summed E-state index contributed by atoms with van der Waals surface area (Å²) >= 11 is 0. The molecule has 5 nitrogen and oxygen atoms in total. The lowest BCUT2D eigenvalue weighted by atomic mass is 10.2. The maximum atomic E-state index is 11.5. The fraction of sp³-hybridized carbons (Fsp3) is 0.214. The molecule has 0 atom stereocenters. The second kappa shape index (κ2) is 6.02. The Hall–Kier alpha value is -1.92. The van der Waals surface area contributed by atoms with Crippen molar-refractivity contribution in [3.63, 3.8) is 0 Å². The molecule has 0 amide bonds. The zero-order valence-corrected chi connectivity index (χ0v) is 12.1. The topological polar surface area (TPSA) is 68.3 Å². The van der Waals surface area contributed by atoms with Crippen LogP contribution in [0.1, 0.15) is 5.56 Å². The molecule has 0 saturated carbocycles. The first kappa shape index (κ1) is 14.5. The van der Waals surface area contributed by atoms with Crippen LogP contribution in [0, 0.1) is 0 Å². The largest absolute Gasteiger partial charge is 0.455 e.